The molecular weight excluding hydrogens is 412 g/mol. The molecule has 4 rings (SSSR count). The zero-order valence-electron chi connectivity index (χ0n) is 15.3. The molecule has 0 aliphatic carbocycles. The second kappa shape index (κ2) is 8.34. The van der Waals surface area contributed by atoms with Crippen LogP contribution < -0.4 is 10.1 Å². The number of pyridine rings is 1. The van der Waals surface area contributed by atoms with Gasteiger partial charge in [-0.15, -0.1) is 10.2 Å². The topological polar surface area (TPSA) is 59.9 Å². The summed E-state index contributed by atoms with van der Waals surface area (Å²) in [6.45, 7) is 2.03. The summed E-state index contributed by atoms with van der Waals surface area (Å²) in [5.41, 5.74) is 3.78. The lowest BCUT2D eigenvalue weighted by atomic mass is 10.1. The van der Waals surface area contributed by atoms with Gasteiger partial charge in [-0.25, -0.2) is 0 Å². The average Bonchev–Trinajstić information content (AvgIpc) is 3.17. The fourth-order valence-corrected chi connectivity index (χ4v) is 4.79. The number of aromatic nitrogens is 3. The van der Waals surface area contributed by atoms with Gasteiger partial charge in [0.15, 0.2) is 4.34 Å². The van der Waals surface area contributed by atoms with Crippen LogP contribution in [0.5, 0.6) is 5.75 Å². The van der Waals surface area contributed by atoms with E-state index in [0.717, 1.165) is 43.1 Å². The molecule has 0 atom stereocenters. The maximum Gasteiger partial charge on any atom is 0.210 e. The van der Waals surface area contributed by atoms with Gasteiger partial charge in [0, 0.05) is 22.9 Å². The normalized spacial score (nSPS) is 11.0. The lowest BCUT2D eigenvalue weighted by molar-refractivity contribution is 0.415. The van der Waals surface area contributed by atoms with Gasteiger partial charge in [0.2, 0.25) is 5.13 Å². The summed E-state index contributed by atoms with van der Waals surface area (Å²) in [5, 5.41) is 14.2. The zero-order chi connectivity index (χ0) is 19.5. The molecule has 0 spiro atoms. The molecule has 1 N–H and O–H groups in total. The van der Waals surface area contributed by atoms with Crippen LogP contribution in [-0.2, 0) is 5.75 Å². The highest BCUT2D eigenvalue weighted by Gasteiger charge is 2.12. The molecule has 5 nitrogen and oxygen atoms in total. The molecule has 0 fully saturated rings. The van der Waals surface area contributed by atoms with Crippen molar-refractivity contribution < 1.29 is 4.74 Å². The molecular formula is C20H17ClN4OS2. The lowest BCUT2D eigenvalue weighted by Gasteiger charge is -2.09. The Bertz CT molecular complexity index is 1130. The number of halogens is 1. The van der Waals surface area contributed by atoms with E-state index < -0.39 is 0 Å². The molecule has 0 saturated heterocycles. The first-order valence-corrected chi connectivity index (χ1v) is 10.7. The van der Waals surface area contributed by atoms with E-state index in [2.05, 4.69) is 15.5 Å². The van der Waals surface area contributed by atoms with Gasteiger partial charge in [-0.05, 0) is 30.7 Å². The number of hydrogen-bond donors (Lipinski definition) is 1. The van der Waals surface area contributed by atoms with Crippen molar-refractivity contribution in [3.05, 3.63) is 64.8 Å². The third kappa shape index (κ3) is 4.06. The minimum atomic E-state index is 0.637. The second-order valence-electron chi connectivity index (χ2n) is 6.03. The molecule has 0 unspecified atom stereocenters. The van der Waals surface area contributed by atoms with E-state index in [-0.39, 0.29) is 0 Å². The smallest absolute Gasteiger partial charge is 0.210 e. The van der Waals surface area contributed by atoms with Crippen LogP contribution in [0.15, 0.2) is 52.9 Å². The van der Waals surface area contributed by atoms with Gasteiger partial charge in [0.25, 0.3) is 0 Å². The van der Waals surface area contributed by atoms with Crippen molar-refractivity contribution in [2.75, 3.05) is 12.4 Å². The Hall–Kier alpha value is -2.35. The number of para-hydroxylation sites is 1. The van der Waals surface area contributed by atoms with Gasteiger partial charge in [-0.2, -0.15) is 0 Å². The van der Waals surface area contributed by atoms with E-state index in [4.69, 9.17) is 21.3 Å². The van der Waals surface area contributed by atoms with Crippen molar-refractivity contribution in [2.24, 2.45) is 0 Å². The van der Waals surface area contributed by atoms with Crippen LogP contribution in [0.2, 0.25) is 5.02 Å². The van der Waals surface area contributed by atoms with Crippen LogP contribution in [0, 0.1) is 6.92 Å². The third-order valence-corrected chi connectivity index (χ3v) is 6.69. The number of benzene rings is 2. The number of anilines is 2. The number of ether oxygens (including phenoxy) is 1. The summed E-state index contributed by atoms with van der Waals surface area (Å²) < 4.78 is 6.10. The van der Waals surface area contributed by atoms with Crippen LogP contribution in [0.1, 0.15) is 11.3 Å². The van der Waals surface area contributed by atoms with Gasteiger partial charge in [0.05, 0.1) is 23.3 Å². The molecule has 0 radical (unpaired) electrons. The van der Waals surface area contributed by atoms with Gasteiger partial charge in [0.1, 0.15) is 5.75 Å². The third-order valence-electron chi connectivity index (χ3n) is 4.21. The monoisotopic (exact) mass is 428 g/mol. The van der Waals surface area contributed by atoms with Crippen LogP contribution in [0.4, 0.5) is 10.8 Å². The molecule has 2 heterocycles. The summed E-state index contributed by atoms with van der Waals surface area (Å²) >= 11 is 9.62. The molecule has 0 aliphatic rings. The van der Waals surface area contributed by atoms with Gasteiger partial charge in [-0.1, -0.05) is 59.0 Å². The summed E-state index contributed by atoms with van der Waals surface area (Å²) in [6, 6.07) is 15.7. The Morgan fingerprint density at radius 3 is 2.86 bits per heavy atom. The molecule has 0 bridgehead atoms. The number of nitrogens with zero attached hydrogens (tertiary/aromatic N) is 3. The lowest BCUT2D eigenvalue weighted by Crippen LogP contribution is -1.94. The summed E-state index contributed by atoms with van der Waals surface area (Å²) in [7, 11) is 1.65. The van der Waals surface area contributed by atoms with Crippen molar-refractivity contribution in [3.63, 3.8) is 0 Å². The fraction of sp³-hybridized carbons (Fsp3) is 0.150. The van der Waals surface area contributed by atoms with Gasteiger partial charge < -0.3 is 10.1 Å². The predicted molar refractivity (Wildman–Crippen MR) is 117 cm³/mol. The number of rotatable bonds is 6. The molecule has 0 amide bonds. The summed E-state index contributed by atoms with van der Waals surface area (Å²) in [6.07, 6.45) is 0. The minimum Gasteiger partial charge on any atom is -0.497 e. The molecule has 8 heteroatoms. The largest absolute Gasteiger partial charge is 0.497 e. The highest BCUT2D eigenvalue weighted by molar-refractivity contribution is 8.00. The Morgan fingerprint density at radius 2 is 2.00 bits per heavy atom. The SMILES string of the molecule is COc1cccc(Nc2nnc(SCc3nc4ccccc4c(C)c3Cl)s2)c1. The van der Waals surface area contributed by atoms with Crippen LogP contribution in [0.25, 0.3) is 10.9 Å². The Morgan fingerprint density at radius 1 is 1.14 bits per heavy atom. The van der Waals surface area contributed by atoms with E-state index in [0.29, 0.717) is 10.8 Å². The number of fused-ring (bicyclic) bond motifs is 1. The maximum absolute atomic E-state index is 6.55. The van der Waals surface area contributed by atoms with Crippen molar-refractivity contribution in [3.8, 4) is 5.75 Å². The molecule has 2 aromatic heterocycles. The van der Waals surface area contributed by atoms with Crippen molar-refractivity contribution in [1.29, 1.82) is 0 Å². The minimum absolute atomic E-state index is 0.637. The standard InChI is InChI=1S/C20H17ClN4OS2/c1-12-15-8-3-4-9-16(15)23-17(18(12)21)11-27-20-25-24-19(28-20)22-13-6-5-7-14(10-13)26-2/h3-10H,11H2,1-2H3,(H,22,24). The summed E-state index contributed by atoms with van der Waals surface area (Å²) in [5.74, 6) is 1.43. The van der Waals surface area contributed by atoms with Crippen LogP contribution in [-0.4, -0.2) is 22.3 Å². The first-order chi connectivity index (χ1) is 13.6. The Kier molecular flexibility index (Phi) is 5.66. The van der Waals surface area contributed by atoms with Crippen molar-refractivity contribution in [2.45, 2.75) is 17.0 Å². The zero-order valence-corrected chi connectivity index (χ0v) is 17.7. The van der Waals surface area contributed by atoms with Crippen LogP contribution in [0.3, 0.4) is 0 Å². The maximum atomic E-state index is 6.55. The van der Waals surface area contributed by atoms with Crippen LogP contribution >= 0.6 is 34.7 Å². The second-order valence-corrected chi connectivity index (χ2v) is 8.61. The molecule has 0 saturated carbocycles. The van der Waals surface area contributed by atoms with E-state index >= 15 is 0 Å². The molecule has 142 valence electrons. The number of methoxy groups -OCH3 is 1. The quantitative estimate of drug-likeness (QED) is 0.375. The van der Waals surface area contributed by atoms with Gasteiger partial charge >= 0.3 is 0 Å². The highest BCUT2D eigenvalue weighted by Crippen LogP contribution is 2.34. The average molecular weight is 429 g/mol. The van der Waals surface area contributed by atoms with Crippen molar-refractivity contribution in [1.82, 2.24) is 15.2 Å². The molecule has 0 aliphatic heterocycles. The first kappa shape index (κ1) is 19.0. The number of hydrogen-bond acceptors (Lipinski definition) is 7. The highest BCUT2D eigenvalue weighted by atomic mass is 35.5. The fourth-order valence-electron chi connectivity index (χ4n) is 2.79. The van der Waals surface area contributed by atoms with E-state index in [1.54, 1.807) is 18.9 Å². The number of thioether (sulfide) groups is 1. The Balaban J connectivity index is 1.47. The van der Waals surface area contributed by atoms with E-state index in [1.165, 1.54) is 11.3 Å². The molecule has 2 aromatic carbocycles. The van der Waals surface area contributed by atoms with Gasteiger partial charge in [-0.3, -0.25) is 4.98 Å². The Labute approximate surface area is 176 Å². The predicted octanol–water partition coefficient (Wildman–Crippen LogP) is 6.09. The molecule has 28 heavy (non-hydrogen) atoms. The van der Waals surface area contributed by atoms with Crippen molar-refractivity contribution >= 4 is 56.4 Å². The summed E-state index contributed by atoms with van der Waals surface area (Å²) in [4.78, 5) is 4.72. The number of nitrogens with one attached hydrogen (secondary N) is 1. The van der Waals surface area contributed by atoms with E-state index in [1.807, 2.05) is 55.5 Å². The first-order valence-electron chi connectivity index (χ1n) is 8.55. The van der Waals surface area contributed by atoms with E-state index in [9.17, 15) is 0 Å². The number of aryl methyl sites for hydroxylation is 1. The molecule has 4 aromatic rings.